The molecule has 2 atom stereocenters. The van der Waals surface area contributed by atoms with Crippen LogP contribution in [0.15, 0.2) is 17.1 Å². The van der Waals surface area contributed by atoms with E-state index in [1.165, 1.54) is 16.6 Å². The minimum absolute atomic E-state index is 0. The molecule has 0 spiro atoms. The molecule has 1 saturated heterocycles. The van der Waals surface area contributed by atoms with Crippen LogP contribution in [-0.2, 0) is 6.54 Å². The minimum Gasteiger partial charge on any atom is -0.492 e. The van der Waals surface area contributed by atoms with Crippen LogP contribution < -0.4 is 20.4 Å². The Bertz CT molecular complexity index is 1080. The second-order valence-corrected chi connectivity index (χ2v) is 8.06. The van der Waals surface area contributed by atoms with Crippen molar-refractivity contribution in [3.8, 4) is 5.75 Å². The van der Waals surface area contributed by atoms with Crippen molar-refractivity contribution in [2.75, 3.05) is 38.3 Å². The number of anilines is 1. The summed E-state index contributed by atoms with van der Waals surface area (Å²) in [6, 6.07) is 1.35. The number of carboxylic acids is 1. The van der Waals surface area contributed by atoms with E-state index >= 15 is 4.39 Å². The summed E-state index contributed by atoms with van der Waals surface area (Å²) in [6.07, 6.45) is 2.00. The highest BCUT2D eigenvalue weighted by Crippen LogP contribution is 2.40. The van der Waals surface area contributed by atoms with Crippen molar-refractivity contribution in [2.45, 2.75) is 31.6 Å². The SMILES string of the molecule is COc1c(N2C[C@@H](CNC3CC3)[C@H](F)C2)c(F)cc2c(=O)c(C(=O)O)cn(CCF)c12.Cl. The van der Waals surface area contributed by atoms with E-state index in [-0.39, 0.29) is 60.3 Å². The van der Waals surface area contributed by atoms with Crippen molar-refractivity contribution in [2.24, 2.45) is 5.92 Å². The van der Waals surface area contributed by atoms with Gasteiger partial charge in [-0.2, -0.15) is 0 Å². The van der Waals surface area contributed by atoms with E-state index in [4.69, 9.17) is 4.74 Å². The first kappa shape index (κ1) is 24.2. The molecule has 0 bridgehead atoms. The van der Waals surface area contributed by atoms with Crippen LogP contribution in [0.5, 0.6) is 5.75 Å². The molecule has 4 rings (SSSR count). The highest BCUT2D eigenvalue weighted by molar-refractivity contribution is 5.97. The third-order valence-corrected chi connectivity index (χ3v) is 5.93. The zero-order chi connectivity index (χ0) is 22.3. The number of pyridine rings is 1. The average Bonchev–Trinajstić information content (AvgIpc) is 3.49. The summed E-state index contributed by atoms with van der Waals surface area (Å²) >= 11 is 0. The van der Waals surface area contributed by atoms with Gasteiger partial charge in [0.05, 0.1) is 24.6 Å². The van der Waals surface area contributed by atoms with Crippen molar-refractivity contribution in [3.05, 3.63) is 33.9 Å². The number of nitrogens with one attached hydrogen (secondary N) is 1. The molecule has 7 nitrogen and oxygen atoms in total. The number of alkyl halides is 2. The lowest BCUT2D eigenvalue weighted by Gasteiger charge is -2.24. The van der Waals surface area contributed by atoms with Crippen LogP contribution in [0.2, 0.25) is 0 Å². The van der Waals surface area contributed by atoms with Gasteiger partial charge in [-0.1, -0.05) is 0 Å². The average molecular weight is 476 g/mol. The Balaban J connectivity index is 0.00000289. The molecule has 2 aliphatic rings. The number of fused-ring (bicyclic) bond motifs is 1. The number of aromatic carboxylic acids is 1. The Morgan fingerprint density at radius 1 is 1.34 bits per heavy atom. The third kappa shape index (κ3) is 4.38. The molecule has 1 aliphatic heterocycles. The van der Waals surface area contributed by atoms with Crippen LogP contribution in [0.4, 0.5) is 18.9 Å². The largest absolute Gasteiger partial charge is 0.492 e. The summed E-state index contributed by atoms with van der Waals surface area (Å²) in [4.78, 5) is 25.6. The summed E-state index contributed by atoms with van der Waals surface area (Å²) in [5.41, 5.74) is -1.41. The van der Waals surface area contributed by atoms with E-state index in [9.17, 15) is 23.5 Å². The lowest BCUT2D eigenvalue weighted by molar-refractivity contribution is 0.0694. The molecule has 2 fully saturated rings. The standard InChI is InChI=1S/C21H24F3N3O4.ClH/c1-31-20-17-13(19(28)14(21(29)30)9-26(17)5-4-22)6-15(23)18(20)27-8-11(16(24)10-27)7-25-12-2-3-12;/h6,9,11-12,16,25H,2-5,7-8,10H2,1H3,(H,29,30);1H/t11-,16-;/m1./s1. The number of hydrogen-bond donors (Lipinski definition) is 2. The van der Waals surface area contributed by atoms with Gasteiger partial charge in [-0.15, -0.1) is 12.4 Å². The van der Waals surface area contributed by atoms with E-state index < -0.39 is 35.6 Å². The van der Waals surface area contributed by atoms with Gasteiger partial charge in [-0.3, -0.25) is 4.79 Å². The van der Waals surface area contributed by atoms with E-state index in [1.807, 2.05) is 0 Å². The Morgan fingerprint density at radius 2 is 2.06 bits per heavy atom. The van der Waals surface area contributed by atoms with Crippen LogP contribution in [0.3, 0.4) is 0 Å². The molecular formula is C21H25ClF3N3O4. The van der Waals surface area contributed by atoms with E-state index in [0.717, 1.165) is 25.1 Å². The maximum Gasteiger partial charge on any atom is 0.341 e. The molecule has 1 saturated carbocycles. The Hall–Kier alpha value is -2.46. The zero-order valence-corrected chi connectivity index (χ0v) is 18.3. The first-order valence-corrected chi connectivity index (χ1v) is 10.2. The predicted octanol–water partition coefficient (Wildman–Crippen LogP) is 2.77. The van der Waals surface area contributed by atoms with Gasteiger partial charge in [-0.25, -0.2) is 18.0 Å². The second kappa shape index (κ2) is 9.58. The van der Waals surface area contributed by atoms with Crippen LogP contribution >= 0.6 is 12.4 Å². The minimum atomic E-state index is -1.49. The number of ether oxygens (including phenoxy) is 1. The molecule has 32 heavy (non-hydrogen) atoms. The third-order valence-electron chi connectivity index (χ3n) is 5.93. The smallest absolute Gasteiger partial charge is 0.341 e. The molecule has 11 heteroatoms. The van der Waals surface area contributed by atoms with Gasteiger partial charge < -0.3 is 24.6 Å². The van der Waals surface area contributed by atoms with Gasteiger partial charge in [0.15, 0.2) is 11.6 Å². The molecule has 2 heterocycles. The zero-order valence-electron chi connectivity index (χ0n) is 17.4. The quantitative estimate of drug-likeness (QED) is 0.611. The normalized spacial score (nSPS) is 20.4. The van der Waals surface area contributed by atoms with Crippen LogP contribution in [0.25, 0.3) is 10.9 Å². The molecule has 0 amide bonds. The summed E-state index contributed by atoms with van der Waals surface area (Å²) in [5.74, 6) is -2.68. The number of hydrogen-bond acceptors (Lipinski definition) is 5. The molecule has 1 aromatic heterocycles. The first-order valence-electron chi connectivity index (χ1n) is 10.2. The van der Waals surface area contributed by atoms with E-state index in [2.05, 4.69) is 5.32 Å². The van der Waals surface area contributed by atoms with Gasteiger partial charge in [0, 0.05) is 37.8 Å². The number of carbonyl (C=O) groups is 1. The fourth-order valence-corrected chi connectivity index (χ4v) is 4.21. The first-order chi connectivity index (χ1) is 14.8. The lowest BCUT2D eigenvalue weighted by atomic mass is 10.1. The molecule has 0 unspecified atom stereocenters. The highest BCUT2D eigenvalue weighted by Gasteiger charge is 2.37. The van der Waals surface area contributed by atoms with Crippen LogP contribution in [0.1, 0.15) is 23.2 Å². The van der Waals surface area contributed by atoms with Crippen LogP contribution in [-0.4, -0.2) is 61.3 Å². The van der Waals surface area contributed by atoms with Gasteiger partial charge in [0.1, 0.15) is 24.1 Å². The molecule has 2 N–H and O–H groups in total. The molecule has 1 aliphatic carbocycles. The van der Waals surface area contributed by atoms with Crippen molar-refractivity contribution < 1.29 is 27.8 Å². The van der Waals surface area contributed by atoms with Gasteiger partial charge >= 0.3 is 5.97 Å². The van der Waals surface area contributed by atoms with Crippen molar-refractivity contribution in [1.82, 2.24) is 9.88 Å². The number of aromatic nitrogens is 1. The molecule has 176 valence electrons. The number of halogens is 4. The second-order valence-electron chi connectivity index (χ2n) is 8.06. The summed E-state index contributed by atoms with van der Waals surface area (Å²) in [5, 5.41) is 12.4. The summed E-state index contributed by atoms with van der Waals surface area (Å²) in [7, 11) is 1.28. The lowest BCUT2D eigenvalue weighted by Crippen LogP contribution is -2.30. The molecule has 2 aromatic rings. The monoisotopic (exact) mass is 475 g/mol. The predicted molar refractivity (Wildman–Crippen MR) is 117 cm³/mol. The number of aryl methyl sites for hydroxylation is 1. The fraction of sp³-hybridized carbons (Fsp3) is 0.524. The molecular weight excluding hydrogens is 451 g/mol. The van der Waals surface area contributed by atoms with Gasteiger partial charge in [0.2, 0.25) is 5.43 Å². The maximum absolute atomic E-state index is 15.2. The topological polar surface area (TPSA) is 83.8 Å². The van der Waals surface area contributed by atoms with Crippen molar-refractivity contribution in [1.29, 1.82) is 0 Å². The van der Waals surface area contributed by atoms with Gasteiger partial charge in [-0.05, 0) is 18.9 Å². The number of nitrogens with zero attached hydrogens (tertiary/aromatic N) is 2. The van der Waals surface area contributed by atoms with E-state index in [0.29, 0.717) is 12.6 Å². The Morgan fingerprint density at radius 3 is 2.66 bits per heavy atom. The summed E-state index contributed by atoms with van der Waals surface area (Å²) in [6.45, 7) is -0.402. The number of methoxy groups -OCH3 is 1. The van der Waals surface area contributed by atoms with Gasteiger partial charge in [0.25, 0.3) is 0 Å². The molecule has 0 radical (unpaired) electrons. The maximum atomic E-state index is 15.2. The number of carboxylic acid groups (broad SMARTS) is 1. The Kier molecular flexibility index (Phi) is 7.24. The van der Waals surface area contributed by atoms with Crippen molar-refractivity contribution >= 4 is 35.0 Å². The Labute approximate surface area is 188 Å². The fourth-order valence-electron chi connectivity index (χ4n) is 4.21. The highest BCUT2D eigenvalue weighted by atomic mass is 35.5. The molecule has 1 aromatic carbocycles. The summed E-state index contributed by atoms with van der Waals surface area (Å²) < 4.78 is 49.7. The van der Waals surface area contributed by atoms with Crippen molar-refractivity contribution in [3.63, 3.8) is 0 Å². The van der Waals surface area contributed by atoms with Crippen LogP contribution in [0, 0.1) is 11.7 Å². The number of rotatable bonds is 8. The number of benzene rings is 1. The van der Waals surface area contributed by atoms with E-state index in [1.54, 1.807) is 0 Å².